The summed E-state index contributed by atoms with van der Waals surface area (Å²) >= 11 is 3.39. The second kappa shape index (κ2) is 4.79. The van der Waals surface area contributed by atoms with E-state index < -0.39 is 0 Å². The molecule has 1 heterocycles. The third-order valence-electron chi connectivity index (χ3n) is 2.56. The Labute approximate surface area is 108 Å². The van der Waals surface area contributed by atoms with E-state index in [9.17, 15) is 4.79 Å². The van der Waals surface area contributed by atoms with Gasteiger partial charge < -0.3 is 0 Å². The number of benzene rings is 1. The Bertz CT molecular complexity index is 545. The Morgan fingerprint density at radius 1 is 1.35 bits per heavy atom. The summed E-state index contributed by atoms with van der Waals surface area (Å²) in [5.41, 5.74) is 2.37. The summed E-state index contributed by atoms with van der Waals surface area (Å²) in [6.07, 6.45) is 0. The number of rotatable bonds is 3. The van der Waals surface area contributed by atoms with E-state index >= 15 is 0 Å². The number of Topliss-reactive ketones (excluding diaryl/α,β-unsaturated/α-hetero) is 1. The van der Waals surface area contributed by atoms with Gasteiger partial charge in [-0.05, 0) is 24.6 Å². The topological polar surface area (TPSA) is 47.8 Å². The fourth-order valence-corrected chi connectivity index (χ4v) is 1.86. The maximum absolute atomic E-state index is 11.3. The highest BCUT2D eigenvalue weighted by Crippen LogP contribution is 2.12. The number of hydrogen-bond acceptors (Lipinski definition) is 3. The quantitative estimate of drug-likeness (QED) is 0.817. The van der Waals surface area contributed by atoms with Crippen LogP contribution in [0.4, 0.5) is 0 Å². The van der Waals surface area contributed by atoms with Gasteiger partial charge in [0.05, 0.1) is 12.2 Å². The number of nitrogens with zero attached hydrogens (tertiary/aromatic N) is 3. The molecule has 0 aliphatic rings. The molecule has 2 rings (SSSR count). The predicted octanol–water partition coefficient (Wildman–Crippen LogP) is 2.60. The molecule has 1 aromatic heterocycles. The van der Waals surface area contributed by atoms with Gasteiger partial charge in [0.1, 0.15) is 0 Å². The zero-order valence-corrected chi connectivity index (χ0v) is 11.2. The predicted molar refractivity (Wildman–Crippen MR) is 68.0 cm³/mol. The molecule has 1 aromatic carbocycles. The van der Waals surface area contributed by atoms with Crippen LogP contribution in [-0.4, -0.2) is 20.8 Å². The molecule has 0 bridgehead atoms. The highest BCUT2D eigenvalue weighted by molar-refractivity contribution is 9.10. The first-order valence-corrected chi connectivity index (χ1v) is 6.02. The van der Waals surface area contributed by atoms with E-state index in [-0.39, 0.29) is 5.78 Å². The summed E-state index contributed by atoms with van der Waals surface area (Å²) in [6.45, 7) is 3.98. The number of halogens is 1. The number of carbonyl (C=O) groups is 1. The van der Waals surface area contributed by atoms with Gasteiger partial charge in [-0.15, -0.1) is 5.10 Å². The van der Waals surface area contributed by atoms with Crippen LogP contribution in [0.25, 0.3) is 0 Å². The molecule has 4 nitrogen and oxygen atoms in total. The lowest BCUT2D eigenvalue weighted by Crippen LogP contribution is -2.05. The van der Waals surface area contributed by atoms with Crippen molar-refractivity contribution in [3.8, 4) is 0 Å². The first-order chi connectivity index (χ1) is 8.08. The van der Waals surface area contributed by atoms with E-state index in [1.807, 2.05) is 31.2 Å². The highest BCUT2D eigenvalue weighted by atomic mass is 79.9. The van der Waals surface area contributed by atoms with E-state index in [0.29, 0.717) is 12.2 Å². The lowest BCUT2D eigenvalue weighted by atomic mass is 10.2. The molecule has 0 spiro atoms. The maximum atomic E-state index is 11.3. The van der Waals surface area contributed by atoms with Gasteiger partial charge in [-0.2, -0.15) is 0 Å². The lowest BCUT2D eigenvalue weighted by molar-refractivity contribution is 0.101. The Morgan fingerprint density at radius 2 is 2.00 bits per heavy atom. The highest BCUT2D eigenvalue weighted by Gasteiger charge is 2.12. The third-order valence-corrected chi connectivity index (χ3v) is 3.09. The van der Waals surface area contributed by atoms with E-state index in [1.165, 1.54) is 6.92 Å². The van der Waals surface area contributed by atoms with Gasteiger partial charge >= 0.3 is 0 Å². The van der Waals surface area contributed by atoms with Crippen molar-refractivity contribution in [2.45, 2.75) is 20.4 Å². The van der Waals surface area contributed by atoms with Gasteiger partial charge in [0.25, 0.3) is 0 Å². The van der Waals surface area contributed by atoms with Gasteiger partial charge in [0, 0.05) is 11.4 Å². The van der Waals surface area contributed by atoms with Crippen molar-refractivity contribution in [1.29, 1.82) is 0 Å². The van der Waals surface area contributed by atoms with Crippen LogP contribution in [-0.2, 0) is 6.54 Å². The van der Waals surface area contributed by atoms with Gasteiger partial charge in [-0.3, -0.25) is 4.79 Å². The minimum absolute atomic E-state index is 0.0513. The second-order valence-corrected chi connectivity index (χ2v) is 4.78. The summed E-state index contributed by atoms with van der Waals surface area (Å²) in [6, 6.07) is 7.98. The zero-order valence-electron chi connectivity index (χ0n) is 9.64. The molecule has 0 aliphatic carbocycles. The normalized spacial score (nSPS) is 10.5. The Morgan fingerprint density at radius 3 is 2.53 bits per heavy atom. The average molecular weight is 294 g/mol. The molecule has 0 saturated carbocycles. The smallest absolute Gasteiger partial charge is 0.181 e. The van der Waals surface area contributed by atoms with Crippen LogP contribution in [0.1, 0.15) is 28.7 Å². The molecule has 0 aliphatic heterocycles. The Kier molecular flexibility index (Phi) is 3.38. The third kappa shape index (κ3) is 2.61. The minimum Gasteiger partial charge on any atom is -0.293 e. The molecule has 0 unspecified atom stereocenters. The minimum atomic E-state index is -0.0513. The Hall–Kier alpha value is -1.49. The van der Waals surface area contributed by atoms with Crippen molar-refractivity contribution in [2.75, 3.05) is 0 Å². The van der Waals surface area contributed by atoms with E-state index in [0.717, 1.165) is 15.7 Å². The van der Waals surface area contributed by atoms with Crippen molar-refractivity contribution in [1.82, 2.24) is 15.0 Å². The number of ketones is 1. The van der Waals surface area contributed by atoms with Gasteiger partial charge in [0.2, 0.25) is 0 Å². The lowest BCUT2D eigenvalue weighted by Gasteiger charge is -2.03. The van der Waals surface area contributed by atoms with E-state index in [4.69, 9.17) is 0 Å². The fourth-order valence-electron chi connectivity index (χ4n) is 1.60. The van der Waals surface area contributed by atoms with Crippen LogP contribution in [0, 0.1) is 6.92 Å². The van der Waals surface area contributed by atoms with Gasteiger partial charge in [-0.1, -0.05) is 33.3 Å². The number of carbonyl (C=O) groups excluding carboxylic acids is 1. The van der Waals surface area contributed by atoms with Gasteiger partial charge in [-0.25, -0.2) is 4.68 Å². The molecule has 2 aromatic rings. The van der Waals surface area contributed by atoms with Crippen molar-refractivity contribution >= 4 is 21.7 Å². The van der Waals surface area contributed by atoms with Crippen molar-refractivity contribution in [3.05, 3.63) is 45.7 Å². The standard InChI is InChI=1S/C12H12BrN3O/c1-8-12(9(2)17)14-15-16(8)7-10-3-5-11(13)6-4-10/h3-6H,7H2,1-2H3. The molecule has 88 valence electrons. The molecular formula is C12H12BrN3O. The van der Waals surface area contributed by atoms with Crippen molar-refractivity contribution in [3.63, 3.8) is 0 Å². The van der Waals surface area contributed by atoms with Crippen LogP contribution in [0.5, 0.6) is 0 Å². The van der Waals surface area contributed by atoms with Gasteiger partial charge in [0.15, 0.2) is 11.5 Å². The molecule has 5 heteroatoms. The number of hydrogen-bond donors (Lipinski definition) is 0. The second-order valence-electron chi connectivity index (χ2n) is 3.86. The summed E-state index contributed by atoms with van der Waals surface area (Å²) < 4.78 is 2.78. The zero-order chi connectivity index (χ0) is 12.4. The Balaban J connectivity index is 2.24. The summed E-state index contributed by atoms with van der Waals surface area (Å²) in [4.78, 5) is 11.3. The molecule has 0 saturated heterocycles. The maximum Gasteiger partial charge on any atom is 0.181 e. The van der Waals surface area contributed by atoms with Crippen LogP contribution in [0.2, 0.25) is 0 Å². The fraction of sp³-hybridized carbons (Fsp3) is 0.250. The molecule has 0 atom stereocenters. The molecular weight excluding hydrogens is 282 g/mol. The molecule has 17 heavy (non-hydrogen) atoms. The summed E-state index contributed by atoms with van der Waals surface area (Å²) in [5.74, 6) is -0.0513. The molecule has 0 N–H and O–H groups in total. The summed E-state index contributed by atoms with van der Waals surface area (Å²) in [5, 5.41) is 7.87. The van der Waals surface area contributed by atoms with Crippen LogP contribution in [0.15, 0.2) is 28.7 Å². The van der Waals surface area contributed by atoms with Crippen molar-refractivity contribution in [2.24, 2.45) is 0 Å². The first kappa shape index (κ1) is 12.0. The van der Waals surface area contributed by atoms with E-state index in [2.05, 4.69) is 26.2 Å². The van der Waals surface area contributed by atoms with Crippen LogP contribution in [0.3, 0.4) is 0 Å². The summed E-state index contributed by atoms with van der Waals surface area (Å²) in [7, 11) is 0. The number of aromatic nitrogens is 3. The largest absolute Gasteiger partial charge is 0.293 e. The van der Waals surface area contributed by atoms with Crippen LogP contribution >= 0.6 is 15.9 Å². The molecule has 0 amide bonds. The van der Waals surface area contributed by atoms with E-state index in [1.54, 1.807) is 4.68 Å². The first-order valence-electron chi connectivity index (χ1n) is 5.23. The van der Waals surface area contributed by atoms with Crippen molar-refractivity contribution < 1.29 is 4.79 Å². The molecule has 0 fully saturated rings. The molecule has 0 radical (unpaired) electrons. The average Bonchev–Trinajstić information content (AvgIpc) is 2.64. The SMILES string of the molecule is CC(=O)c1nnn(Cc2ccc(Br)cc2)c1C. The van der Waals surface area contributed by atoms with Crippen LogP contribution < -0.4 is 0 Å². The monoisotopic (exact) mass is 293 g/mol.